The van der Waals surface area contributed by atoms with Gasteiger partial charge in [0.05, 0.1) is 13.2 Å². The molecule has 0 atom stereocenters. The van der Waals surface area contributed by atoms with Gasteiger partial charge in [0.25, 0.3) is 10.2 Å². The largest absolute Gasteiger partial charge is 0.379 e. The lowest BCUT2D eigenvalue weighted by Gasteiger charge is -2.32. The van der Waals surface area contributed by atoms with E-state index >= 15 is 0 Å². The molecule has 2 N–H and O–H groups in total. The van der Waals surface area contributed by atoms with E-state index in [0.717, 1.165) is 0 Å². The zero-order valence-electron chi connectivity index (χ0n) is 9.18. The molecule has 16 heavy (non-hydrogen) atoms. The maximum absolute atomic E-state index is 12.0. The number of hydrogen-bond acceptors (Lipinski definition) is 5. The normalized spacial score (nSPS) is 25.8. The van der Waals surface area contributed by atoms with Crippen molar-refractivity contribution >= 4 is 10.2 Å². The Balaban J connectivity index is 1.90. The van der Waals surface area contributed by atoms with Gasteiger partial charge in [-0.15, -0.1) is 4.83 Å². The Hall–Kier alpha value is -0.250. The predicted octanol–water partition coefficient (Wildman–Crippen LogP) is -2.03. The molecule has 0 radical (unpaired) electrons. The molecular weight excluding hydrogens is 232 g/mol. The van der Waals surface area contributed by atoms with E-state index in [0.29, 0.717) is 52.5 Å². The highest BCUT2D eigenvalue weighted by Crippen LogP contribution is 2.02. The van der Waals surface area contributed by atoms with Gasteiger partial charge in [-0.05, 0) is 0 Å². The molecule has 2 fully saturated rings. The first kappa shape index (κ1) is 12.2. The molecule has 0 aromatic heterocycles. The summed E-state index contributed by atoms with van der Waals surface area (Å²) in [6.45, 7) is 4.83. The first-order valence-corrected chi connectivity index (χ1v) is 6.93. The second-order valence-corrected chi connectivity index (χ2v) is 5.49. The highest BCUT2D eigenvalue weighted by molar-refractivity contribution is 7.87. The fraction of sp³-hybridized carbons (Fsp3) is 1.00. The number of rotatable bonds is 3. The van der Waals surface area contributed by atoms with Gasteiger partial charge < -0.3 is 10.1 Å². The van der Waals surface area contributed by atoms with Crippen LogP contribution < -0.4 is 10.1 Å². The van der Waals surface area contributed by atoms with Crippen LogP contribution in [0.3, 0.4) is 0 Å². The smallest absolute Gasteiger partial charge is 0.292 e. The van der Waals surface area contributed by atoms with Gasteiger partial charge in [-0.3, -0.25) is 0 Å². The maximum Gasteiger partial charge on any atom is 0.292 e. The summed E-state index contributed by atoms with van der Waals surface area (Å²) in [5.74, 6) is 0. The highest BCUT2D eigenvalue weighted by Gasteiger charge is 2.26. The number of piperazine rings is 1. The number of nitrogens with zero attached hydrogens (tertiary/aromatic N) is 2. The third-order valence-electron chi connectivity index (χ3n) is 2.67. The van der Waals surface area contributed by atoms with Crippen LogP contribution in [0.2, 0.25) is 0 Å². The second kappa shape index (κ2) is 5.39. The fourth-order valence-electron chi connectivity index (χ4n) is 1.76. The lowest BCUT2D eigenvalue weighted by Crippen LogP contribution is -2.56. The Labute approximate surface area is 95.9 Å². The molecule has 0 amide bonds. The first-order valence-electron chi connectivity index (χ1n) is 5.49. The third-order valence-corrected chi connectivity index (χ3v) is 4.21. The summed E-state index contributed by atoms with van der Waals surface area (Å²) in [5.41, 5.74) is 0. The van der Waals surface area contributed by atoms with Crippen molar-refractivity contribution in [3.63, 3.8) is 0 Å². The van der Waals surface area contributed by atoms with Crippen molar-refractivity contribution < 1.29 is 13.2 Å². The number of hydrazine groups is 1. The minimum atomic E-state index is -3.37. The van der Waals surface area contributed by atoms with Crippen LogP contribution >= 0.6 is 0 Å². The molecule has 0 bridgehead atoms. The van der Waals surface area contributed by atoms with Crippen molar-refractivity contribution in [2.75, 3.05) is 52.5 Å². The summed E-state index contributed by atoms with van der Waals surface area (Å²) in [6, 6.07) is 0. The lowest BCUT2D eigenvalue weighted by atomic mass is 10.4. The van der Waals surface area contributed by atoms with Crippen molar-refractivity contribution in [3.8, 4) is 0 Å². The Morgan fingerprint density at radius 3 is 2.31 bits per heavy atom. The Morgan fingerprint density at radius 2 is 1.69 bits per heavy atom. The van der Waals surface area contributed by atoms with Crippen molar-refractivity contribution in [1.82, 2.24) is 19.5 Å². The van der Waals surface area contributed by atoms with Gasteiger partial charge in [-0.25, -0.2) is 5.01 Å². The van der Waals surface area contributed by atoms with Crippen LogP contribution in [0.15, 0.2) is 0 Å². The lowest BCUT2D eigenvalue weighted by molar-refractivity contribution is 0.0260. The minimum absolute atomic E-state index is 0.527. The van der Waals surface area contributed by atoms with Gasteiger partial charge in [0.2, 0.25) is 0 Å². The minimum Gasteiger partial charge on any atom is -0.379 e. The molecule has 2 saturated heterocycles. The molecule has 8 heteroatoms. The van der Waals surface area contributed by atoms with Crippen molar-refractivity contribution in [2.24, 2.45) is 0 Å². The summed E-state index contributed by atoms with van der Waals surface area (Å²) in [6.07, 6.45) is 0. The van der Waals surface area contributed by atoms with Crippen LogP contribution in [0.1, 0.15) is 0 Å². The van der Waals surface area contributed by atoms with Crippen LogP contribution in [0.5, 0.6) is 0 Å². The standard InChI is InChI=1S/C8H18N4O3S/c13-16(14,12-3-1-9-2-4-12)10-11-5-7-15-8-6-11/h9-10H,1-8H2. The molecule has 2 aliphatic rings. The van der Waals surface area contributed by atoms with Gasteiger partial charge in [-0.1, -0.05) is 0 Å². The molecule has 0 aromatic carbocycles. The van der Waals surface area contributed by atoms with Crippen LogP contribution in [0.4, 0.5) is 0 Å². The third kappa shape index (κ3) is 3.12. The molecule has 0 aliphatic carbocycles. The van der Waals surface area contributed by atoms with E-state index in [2.05, 4.69) is 10.1 Å². The Kier molecular flexibility index (Phi) is 4.11. The highest BCUT2D eigenvalue weighted by atomic mass is 32.2. The molecule has 0 aromatic rings. The van der Waals surface area contributed by atoms with E-state index < -0.39 is 10.2 Å². The van der Waals surface area contributed by atoms with Gasteiger partial charge >= 0.3 is 0 Å². The van der Waals surface area contributed by atoms with Crippen LogP contribution in [0, 0.1) is 0 Å². The van der Waals surface area contributed by atoms with Gasteiger partial charge in [-0.2, -0.15) is 12.7 Å². The molecule has 2 heterocycles. The molecular formula is C8H18N4O3S. The Morgan fingerprint density at radius 1 is 1.06 bits per heavy atom. The number of morpholine rings is 1. The predicted molar refractivity (Wildman–Crippen MR) is 58.9 cm³/mol. The summed E-state index contributed by atoms with van der Waals surface area (Å²) in [7, 11) is -3.37. The molecule has 94 valence electrons. The summed E-state index contributed by atoms with van der Waals surface area (Å²) < 4.78 is 30.5. The quantitative estimate of drug-likeness (QED) is 0.604. The van der Waals surface area contributed by atoms with Crippen molar-refractivity contribution in [1.29, 1.82) is 0 Å². The zero-order valence-corrected chi connectivity index (χ0v) is 10.0. The van der Waals surface area contributed by atoms with Crippen molar-refractivity contribution in [2.45, 2.75) is 0 Å². The Bertz CT molecular complexity index is 309. The number of hydrogen-bond donors (Lipinski definition) is 2. The van der Waals surface area contributed by atoms with E-state index in [1.165, 1.54) is 4.31 Å². The SMILES string of the molecule is O=S(=O)(NN1CCOCC1)N1CCNCC1. The summed E-state index contributed by atoms with van der Waals surface area (Å²) in [5, 5.41) is 4.82. The monoisotopic (exact) mass is 250 g/mol. The summed E-state index contributed by atoms with van der Waals surface area (Å²) in [4.78, 5) is 2.59. The van der Waals surface area contributed by atoms with Crippen molar-refractivity contribution in [3.05, 3.63) is 0 Å². The maximum atomic E-state index is 12.0. The first-order chi connectivity index (χ1) is 7.68. The molecule has 0 saturated carbocycles. The number of nitrogens with one attached hydrogen (secondary N) is 2. The summed E-state index contributed by atoms with van der Waals surface area (Å²) >= 11 is 0. The van der Waals surface area contributed by atoms with Gasteiger partial charge in [0.15, 0.2) is 0 Å². The molecule has 0 spiro atoms. The average molecular weight is 250 g/mol. The van der Waals surface area contributed by atoms with E-state index in [-0.39, 0.29) is 0 Å². The topological polar surface area (TPSA) is 73.9 Å². The molecule has 0 unspecified atom stereocenters. The molecule has 2 aliphatic heterocycles. The molecule has 7 nitrogen and oxygen atoms in total. The van der Waals surface area contributed by atoms with Gasteiger partial charge in [0, 0.05) is 39.3 Å². The zero-order chi connectivity index (χ0) is 11.4. The van der Waals surface area contributed by atoms with E-state index in [9.17, 15) is 8.42 Å². The van der Waals surface area contributed by atoms with E-state index in [1.54, 1.807) is 5.01 Å². The van der Waals surface area contributed by atoms with Crippen LogP contribution in [-0.2, 0) is 14.9 Å². The average Bonchev–Trinajstić information content (AvgIpc) is 2.31. The second-order valence-electron chi connectivity index (χ2n) is 3.84. The van der Waals surface area contributed by atoms with Crippen LogP contribution in [-0.4, -0.2) is 70.2 Å². The van der Waals surface area contributed by atoms with E-state index in [4.69, 9.17) is 4.74 Å². The van der Waals surface area contributed by atoms with Gasteiger partial charge in [0.1, 0.15) is 0 Å². The number of ether oxygens (including phenoxy) is 1. The van der Waals surface area contributed by atoms with Crippen LogP contribution in [0.25, 0.3) is 0 Å². The fourth-order valence-corrected chi connectivity index (χ4v) is 3.05. The molecule has 2 rings (SSSR count). The van der Waals surface area contributed by atoms with E-state index in [1.807, 2.05) is 0 Å².